The fourth-order valence-electron chi connectivity index (χ4n) is 0.840. The Balaban J connectivity index is 3.13. The number of ether oxygens (including phenoxy) is 2. The lowest BCUT2D eigenvalue weighted by atomic mass is 10.3. The van der Waals surface area contributed by atoms with Crippen molar-refractivity contribution in [1.29, 1.82) is 0 Å². The summed E-state index contributed by atoms with van der Waals surface area (Å²) < 4.78 is 9.93. The molecular weight excluding hydrogens is 168 g/mol. The van der Waals surface area contributed by atoms with Gasteiger partial charge in [-0.05, 0) is 12.5 Å². The maximum Gasteiger partial charge on any atom is 0.278 e. The van der Waals surface area contributed by atoms with Crippen LogP contribution in [0.5, 0.6) is 11.8 Å². The van der Waals surface area contributed by atoms with Crippen molar-refractivity contribution in [1.82, 2.24) is 9.97 Å². The van der Waals surface area contributed by atoms with Gasteiger partial charge < -0.3 is 9.47 Å². The summed E-state index contributed by atoms with van der Waals surface area (Å²) >= 11 is 0. The summed E-state index contributed by atoms with van der Waals surface area (Å²) in [7, 11) is 3.04. The normalized spacial score (nSPS) is 9.46. The molecule has 0 saturated heterocycles. The minimum absolute atomic E-state index is 0.378. The third-order valence-corrected chi connectivity index (χ3v) is 1.53. The van der Waals surface area contributed by atoms with Gasteiger partial charge in [-0.15, -0.1) is 0 Å². The van der Waals surface area contributed by atoms with Crippen LogP contribution in [0.25, 0.3) is 5.57 Å². The third-order valence-electron chi connectivity index (χ3n) is 1.53. The summed E-state index contributed by atoms with van der Waals surface area (Å²) in [6.45, 7) is 5.61. The number of hydrogen-bond donors (Lipinski definition) is 0. The van der Waals surface area contributed by atoms with E-state index in [1.54, 1.807) is 6.20 Å². The summed E-state index contributed by atoms with van der Waals surface area (Å²) in [5.74, 6) is 0.760. The van der Waals surface area contributed by atoms with E-state index >= 15 is 0 Å². The Morgan fingerprint density at radius 1 is 1.31 bits per heavy atom. The molecule has 4 heteroatoms. The molecule has 0 N–H and O–H groups in total. The van der Waals surface area contributed by atoms with Gasteiger partial charge in [-0.3, -0.25) is 0 Å². The first-order valence-corrected chi connectivity index (χ1v) is 3.80. The lowest BCUT2D eigenvalue weighted by Gasteiger charge is -2.06. The van der Waals surface area contributed by atoms with Crippen LogP contribution in [0.2, 0.25) is 0 Å². The fourth-order valence-corrected chi connectivity index (χ4v) is 0.840. The first kappa shape index (κ1) is 9.51. The number of rotatable bonds is 3. The molecule has 0 bridgehead atoms. The van der Waals surface area contributed by atoms with Gasteiger partial charge >= 0.3 is 0 Å². The molecule has 0 aliphatic heterocycles. The Morgan fingerprint density at radius 3 is 2.38 bits per heavy atom. The quantitative estimate of drug-likeness (QED) is 0.707. The van der Waals surface area contributed by atoms with E-state index in [0.29, 0.717) is 17.5 Å². The Morgan fingerprint density at radius 2 is 1.92 bits per heavy atom. The molecule has 1 aromatic rings. The SMILES string of the molecule is C=C(C)c1cnc(OC)c(OC)n1. The van der Waals surface area contributed by atoms with E-state index in [4.69, 9.17) is 9.47 Å². The number of aromatic nitrogens is 2. The maximum absolute atomic E-state index is 4.99. The van der Waals surface area contributed by atoms with Gasteiger partial charge in [-0.1, -0.05) is 6.58 Å². The molecule has 13 heavy (non-hydrogen) atoms. The zero-order valence-corrected chi connectivity index (χ0v) is 8.00. The Hall–Kier alpha value is -1.58. The third kappa shape index (κ3) is 1.96. The van der Waals surface area contributed by atoms with E-state index < -0.39 is 0 Å². The number of nitrogens with zero attached hydrogens (tertiary/aromatic N) is 2. The molecule has 0 aliphatic carbocycles. The minimum atomic E-state index is 0.378. The van der Waals surface area contributed by atoms with Gasteiger partial charge in [0.15, 0.2) is 0 Å². The molecule has 70 valence electrons. The topological polar surface area (TPSA) is 44.2 Å². The lowest BCUT2D eigenvalue weighted by molar-refractivity contribution is 0.331. The molecule has 1 aromatic heterocycles. The molecule has 0 unspecified atom stereocenters. The van der Waals surface area contributed by atoms with Gasteiger partial charge in [0.05, 0.1) is 26.1 Å². The molecule has 0 saturated carbocycles. The number of hydrogen-bond acceptors (Lipinski definition) is 4. The molecule has 0 aliphatic rings. The van der Waals surface area contributed by atoms with Crippen LogP contribution in [0.4, 0.5) is 0 Å². The standard InChI is InChI=1S/C9H12N2O2/c1-6(2)7-5-10-8(12-3)9(11-7)13-4/h5H,1H2,2-4H3. The average Bonchev–Trinajstić information content (AvgIpc) is 2.16. The van der Waals surface area contributed by atoms with E-state index in [1.807, 2.05) is 6.92 Å². The average molecular weight is 180 g/mol. The second-order valence-electron chi connectivity index (χ2n) is 2.55. The van der Waals surface area contributed by atoms with Crippen LogP contribution in [0, 0.1) is 0 Å². The maximum atomic E-state index is 4.99. The number of methoxy groups -OCH3 is 2. The minimum Gasteiger partial charge on any atom is -0.477 e. The molecule has 1 rings (SSSR count). The highest BCUT2D eigenvalue weighted by Crippen LogP contribution is 2.22. The molecule has 1 heterocycles. The van der Waals surface area contributed by atoms with Crippen molar-refractivity contribution in [2.75, 3.05) is 14.2 Å². The fraction of sp³-hybridized carbons (Fsp3) is 0.333. The van der Waals surface area contributed by atoms with Crippen LogP contribution < -0.4 is 9.47 Å². The van der Waals surface area contributed by atoms with E-state index in [2.05, 4.69) is 16.5 Å². The molecular formula is C9H12N2O2. The van der Waals surface area contributed by atoms with E-state index in [-0.39, 0.29) is 0 Å². The highest BCUT2D eigenvalue weighted by atomic mass is 16.5. The smallest absolute Gasteiger partial charge is 0.278 e. The second kappa shape index (κ2) is 3.89. The van der Waals surface area contributed by atoms with Gasteiger partial charge in [0.25, 0.3) is 11.8 Å². The first-order chi connectivity index (χ1) is 6.19. The van der Waals surface area contributed by atoms with Crippen molar-refractivity contribution in [3.05, 3.63) is 18.5 Å². The van der Waals surface area contributed by atoms with Gasteiger partial charge in [0.2, 0.25) is 0 Å². The Bertz CT molecular complexity index is 323. The predicted molar refractivity (Wildman–Crippen MR) is 49.8 cm³/mol. The second-order valence-corrected chi connectivity index (χ2v) is 2.55. The van der Waals surface area contributed by atoms with Crippen LogP contribution in [0.15, 0.2) is 12.8 Å². The van der Waals surface area contributed by atoms with E-state index in [1.165, 1.54) is 14.2 Å². The van der Waals surface area contributed by atoms with Crippen molar-refractivity contribution in [3.63, 3.8) is 0 Å². The van der Waals surface area contributed by atoms with Gasteiger partial charge in [0, 0.05) is 0 Å². The van der Waals surface area contributed by atoms with E-state index in [9.17, 15) is 0 Å². The highest BCUT2D eigenvalue weighted by molar-refractivity contribution is 5.57. The highest BCUT2D eigenvalue weighted by Gasteiger charge is 2.07. The van der Waals surface area contributed by atoms with Gasteiger partial charge in [-0.2, -0.15) is 0 Å². The monoisotopic (exact) mass is 180 g/mol. The van der Waals surface area contributed by atoms with Crippen molar-refractivity contribution in [3.8, 4) is 11.8 Å². The molecule has 0 amide bonds. The number of allylic oxidation sites excluding steroid dienone is 1. The van der Waals surface area contributed by atoms with Crippen LogP contribution in [0.3, 0.4) is 0 Å². The zero-order chi connectivity index (χ0) is 9.84. The zero-order valence-electron chi connectivity index (χ0n) is 8.00. The largest absolute Gasteiger partial charge is 0.477 e. The summed E-state index contributed by atoms with van der Waals surface area (Å²) in [6, 6.07) is 0. The van der Waals surface area contributed by atoms with Crippen molar-refractivity contribution < 1.29 is 9.47 Å². The van der Waals surface area contributed by atoms with Crippen LogP contribution in [-0.2, 0) is 0 Å². The summed E-state index contributed by atoms with van der Waals surface area (Å²) in [6.07, 6.45) is 1.60. The molecule has 4 nitrogen and oxygen atoms in total. The first-order valence-electron chi connectivity index (χ1n) is 3.80. The van der Waals surface area contributed by atoms with Crippen molar-refractivity contribution in [2.24, 2.45) is 0 Å². The molecule has 0 radical (unpaired) electrons. The molecule has 0 spiro atoms. The van der Waals surface area contributed by atoms with Crippen molar-refractivity contribution >= 4 is 5.57 Å². The lowest BCUT2D eigenvalue weighted by Crippen LogP contribution is -1.98. The summed E-state index contributed by atoms with van der Waals surface area (Å²) in [5.41, 5.74) is 1.55. The van der Waals surface area contributed by atoms with Crippen molar-refractivity contribution in [2.45, 2.75) is 6.92 Å². The van der Waals surface area contributed by atoms with Crippen LogP contribution in [0.1, 0.15) is 12.6 Å². The summed E-state index contributed by atoms with van der Waals surface area (Å²) in [4.78, 5) is 8.17. The Kier molecular flexibility index (Phi) is 2.84. The van der Waals surface area contributed by atoms with Gasteiger partial charge in [0.1, 0.15) is 0 Å². The predicted octanol–water partition coefficient (Wildman–Crippen LogP) is 1.53. The van der Waals surface area contributed by atoms with E-state index in [0.717, 1.165) is 5.57 Å². The summed E-state index contributed by atoms with van der Waals surface area (Å²) in [5, 5.41) is 0. The molecule has 0 atom stereocenters. The molecule has 0 fully saturated rings. The molecule has 0 aromatic carbocycles. The van der Waals surface area contributed by atoms with Gasteiger partial charge in [-0.25, -0.2) is 9.97 Å². The Labute approximate surface area is 77.2 Å². The van der Waals surface area contributed by atoms with Crippen LogP contribution >= 0.6 is 0 Å². The van der Waals surface area contributed by atoms with Crippen LogP contribution in [-0.4, -0.2) is 24.2 Å².